The van der Waals surface area contributed by atoms with Crippen molar-refractivity contribution < 1.29 is 13.2 Å². The second-order valence-corrected chi connectivity index (χ2v) is 8.83. The molecule has 1 saturated heterocycles. The van der Waals surface area contributed by atoms with Gasteiger partial charge in [-0.3, -0.25) is 10.1 Å². The minimum atomic E-state index is -3.69. The fourth-order valence-corrected chi connectivity index (χ4v) is 5.00. The van der Waals surface area contributed by atoms with Crippen LogP contribution in [0.5, 0.6) is 0 Å². The van der Waals surface area contributed by atoms with E-state index in [4.69, 9.17) is 5.73 Å². The van der Waals surface area contributed by atoms with Crippen LogP contribution in [0.25, 0.3) is 0 Å². The van der Waals surface area contributed by atoms with Gasteiger partial charge in [0.15, 0.2) is 0 Å². The van der Waals surface area contributed by atoms with Crippen molar-refractivity contribution in [3.05, 3.63) is 29.8 Å². The third-order valence-corrected chi connectivity index (χ3v) is 6.79. The summed E-state index contributed by atoms with van der Waals surface area (Å²) in [5.74, 6) is -0.821. The van der Waals surface area contributed by atoms with E-state index in [2.05, 4.69) is 14.6 Å². The molecule has 0 aromatic heterocycles. The summed E-state index contributed by atoms with van der Waals surface area (Å²) in [5.41, 5.74) is 7.11. The van der Waals surface area contributed by atoms with Gasteiger partial charge < -0.3 is 10.6 Å². The molecule has 8 heteroatoms. The van der Waals surface area contributed by atoms with Crippen molar-refractivity contribution in [3.63, 3.8) is 0 Å². The summed E-state index contributed by atoms with van der Waals surface area (Å²) in [4.78, 5) is 14.6. The fourth-order valence-electron chi connectivity index (χ4n) is 3.61. The van der Waals surface area contributed by atoms with E-state index in [1.165, 1.54) is 0 Å². The van der Waals surface area contributed by atoms with Gasteiger partial charge in [-0.1, -0.05) is 25.3 Å². The maximum Gasteiger partial charge on any atom is 0.259 e. The Morgan fingerprint density at radius 3 is 2.50 bits per heavy atom. The number of carbonyl (C=O) groups is 1. The predicted octanol–water partition coefficient (Wildman–Crippen LogP) is 1.99. The van der Waals surface area contributed by atoms with Crippen molar-refractivity contribution in [1.82, 2.24) is 5.32 Å². The number of nitrogens with one attached hydrogen (secondary N) is 1. The third-order valence-electron chi connectivity index (χ3n) is 5.02. The van der Waals surface area contributed by atoms with Crippen molar-refractivity contribution in [3.8, 4) is 0 Å². The molecule has 7 nitrogen and oxygen atoms in total. The first-order chi connectivity index (χ1) is 12.5. The molecule has 1 aromatic carbocycles. The molecule has 0 unspecified atom stereocenters. The molecule has 1 saturated carbocycles. The molecule has 1 aliphatic heterocycles. The number of anilines is 1. The van der Waals surface area contributed by atoms with Crippen LogP contribution in [0.2, 0.25) is 0 Å². The molecule has 3 N–H and O–H groups in total. The number of nitrogens with two attached hydrogens (primary N) is 1. The molecule has 1 aliphatic carbocycles. The summed E-state index contributed by atoms with van der Waals surface area (Å²) in [6.07, 6.45) is 6.32. The Hall–Kier alpha value is -2.09. The number of sulfonamides is 1. The fraction of sp³-hybridized carbons (Fsp3) is 0.556. The number of rotatable bonds is 4. The largest absolute Gasteiger partial charge is 0.372 e. The van der Waals surface area contributed by atoms with Crippen LogP contribution in [0.3, 0.4) is 0 Å². The van der Waals surface area contributed by atoms with Gasteiger partial charge in [0, 0.05) is 24.3 Å². The second-order valence-electron chi connectivity index (χ2n) is 6.95. The summed E-state index contributed by atoms with van der Waals surface area (Å²) in [6.45, 7) is 1.96. The van der Waals surface area contributed by atoms with Gasteiger partial charge in [0.25, 0.3) is 15.9 Å². The molecular formula is C18H26N4O3S. The Kier molecular flexibility index (Phi) is 5.80. The van der Waals surface area contributed by atoms with E-state index in [0.717, 1.165) is 50.9 Å². The van der Waals surface area contributed by atoms with E-state index < -0.39 is 21.2 Å². The van der Waals surface area contributed by atoms with Gasteiger partial charge >= 0.3 is 0 Å². The minimum Gasteiger partial charge on any atom is -0.372 e. The zero-order valence-electron chi connectivity index (χ0n) is 14.9. The van der Waals surface area contributed by atoms with Crippen molar-refractivity contribution in [2.45, 2.75) is 50.2 Å². The predicted molar refractivity (Wildman–Crippen MR) is 103 cm³/mol. The number of benzene rings is 1. The molecule has 1 aromatic rings. The lowest BCUT2D eigenvalue weighted by atomic mass is 10.0. The number of amides is 1. The lowest BCUT2D eigenvalue weighted by molar-refractivity contribution is 0.0977. The van der Waals surface area contributed by atoms with Crippen LogP contribution in [0.1, 0.15) is 55.3 Å². The highest BCUT2D eigenvalue weighted by atomic mass is 32.2. The normalized spacial score (nSPS) is 19.5. The summed E-state index contributed by atoms with van der Waals surface area (Å²) < 4.78 is 28.3. The van der Waals surface area contributed by atoms with Crippen molar-refractivity contribution in [1.29, 1.82) is 0 Å². The lowest BCUT2D eigenvalue weighted by Gasteiger charge is -2.19. The average molecular weight is 378 g/mol. The molecule has 3 rings (SSSR count). The van der Waals surface area contributed by atoms with Crippen LogP contribution >= 0.6 is 0 Å². The van der Waals surface area contributed by atoms with E-state index in [1.54, 1.807) is 12.1 Å². The van der Waals surface area contributed by atoms with E-state index in [0.29, 0.717) is 18.4 Å². The number of hydrogen-bond acceptors (Lipinski definition) is 4. The summed E-state index contributed by atoms with van der Waals surface area (Å²) in [6, 6.07) is 7.25. The molecule has 26 heavy (non-hydrogen) atoms. The first-order valence-corrected chi connectivity index (χ1v) is 10.7. The maximum atomic E-state index is 12.4. The third kappa shape index (κ3) is 4.55. The molecule has 0 spiro atoms. The minimum absolute atomic E-state index is 0.368. The number of hydrogen-bond donors (Lipinski definition) is 2. The molecule has 0 radical (unpaired) electrons. The van der Waals surface area contributed by atoms with E-state index >= 15 is 0 Å². The van der Waals surface area contributed by atoms with E-state index in [-0.39, 0.29) is 5.96 Å². The topological polar surface area (TPSA) is 105 Å². The number of nitrogens with zero attached hydrogens (tertiary/aromatic N) is 2. The van der Waals surface area contributed by atoms with Gasteiger partial charge in [0.1, 0.15) is 0 Å². The molecular weight excluding hydrogens is 352 g/mol. The Morgan fingerprint density at radius 1 is 1.12 bits per heavy atom. The highest BCUT2D eigenvalue weighted by Crippen LogP contribution is 2.24. The van der Waals surface area contributed by atoms with Crippen LogP contribution in [0.4, 0.5) is 5.69 Å². The quantitative estimate of drug-likeness (QED) is 0.616. The second kappa shape index (κ2) is 8.07. The summed E-state index contributed by atoms with van der Waals surface area (Å²) >= 11 is 0. The zero-order valence-corrected chi connectivity index (χ0v) is 15.7. The number of guanidine groups is 1. The first-order valence-electron chi connectivity index (χ1n) is 9.21. The average Bonchev–Trinajstić information content (AvgIpc) is 3.17. The van der Waals surface area contributed by atoms with Crippen molar-refractivity contribution in [2.75, 3.05) is 18.0 Å². The van der Waals surface area contributed by atoms with Crippen molar-refractivity contribution >= 4 is 27.6 Å². The van der Waals surface area contributed by atoms with Gasteiger partial charge in [0.2, 0.25) is 5.96 Å². The Labute approximate surface area is 154 Å². The van der Waals surface area contributed by atoms with Gasteiger partial charge in [-0.05, 0) is 43.9 Å². The van der Waals surface area contributed by atoms with E-state index in [9.17, 15) is 13.2 Å². The van der Waals surface area contributed by atoms with Crippen LogP contribution in [0.15, 0.2) is 28.7 Å². The Bertz CT molecular complexity index is 779. The monoisotopic (exact) mass is 378 g/mol. The SMILES string of the molecule is NC(=NS(=O)(=O)C1CCCCC1)NC(=O)c1cccc(N2CCCC2)c1. The standard InChI is InChI=1S/C18H26N4O3S/c19-18(21-26(24,25)16-9-2-1-3-10-16)20-17(23)14-7-6-8-15(13-14)22-11-4-5-12-22/h6-8,13,16H,1-5,9-12H2,(H3,19,20,21,23). The van der Waals surface area contributed by atoms with Crippen LogP contribution in [0, 0.1) is 0 Å². The Balaban J connectivity index is 1.67. The van der Waals surface area contributed by atoms with Crippen LogP contribution in [-0.2, 0) is 10.0 Å². The van der Waals surface area contributed by atoms with Gasteiger partial charge in [0.05, 0.1) is 5.25 Å². The molecule has 0 atom stereocenters. The van der Waals surface area contributed by atoms with E-state index in [1.807, 2.05) is 12.1 Å². The van der Waals surface area contributed by atoms with Gasteiger partial charge in [-0.15, -0.1) is 4.40 Å². The summed E-state index contributed by atoms with van der Waals surface area (Å²) in [7, 11) is -3.69. The van der Waals surface area contributed by atoms with Crippen molar-refractivity contribution in [2.24, 2.45) is 10.1 Å². The molecule has 2 aliphatic rings. The smallest absolute Gasteiger partial charge is 0.259 e. The molecule has 142 valence electrons. The lowest BCUT2D eigenvalue weighted by Crippen LogP contribution is -2.38. The summed E-state index contributed by atoms with van der Waals surface area (Å²) in [5, 5.41) is 1.91. The highest BCUT2D eigenvalue weighted by Gasteiger charge is 2.27. The van der Waals surface area contributed by atoms with Gasteiger partial charge in [-0.25, -0.2) is 8.42 Å². The molecule has 1 heterocycles. The maximum absolute atomic E-state index is 12.4. The highest BCUT2D eigenvalue weighted by molar-refractivity contribution is 7.90. The zero-order chi connectivity index (χ0) is 18.6. The molecule has 0 bridgehead atoms. The van der Waals surface area contributed by atoms with Gasteiger partial charge in [-0.2, -0.15) is 0 Å². The first kappa shape index (κ1) is 18.7. The van der Waals surface area contributed by atoms with Crippen LogP contribution in [-0.4, -0.2) is 38.6 Å². The van der Waals surface area contributed by atoms with Crippen LogP contribution < -0.4 is 16.0 Å². The number of carbonyl (C=O) groups excluding carboxylic acids is 1. The molecule has 1 amide bonds. The molecule has 2 fully saturated rings. The Morgan fingerprint density at radius 2 is 1.81 bits per heavy atom.